The number of nitrogens with two attached hydrogens (primary N) is 1. The Morgan fingerprint density at radius 2 is 2.19 bits per heavy atom. The summed E-state index contributed by atoms with van der Waals surface area (Å²) in [5.41, 5.74) is 5.27. The predicted octanol–water partition coefficient (Wildman–Crippen LogP) is 3.19. The molecule has 1 aromatic carbocycles. The van der Waals surface area contributed by atoms with Gasteiger partial charge in [0.25, 0.3) is 11.8 Å². The number of alkyl halides is 2. The van der Waals surface area contributed by atoms with Crippen LogP contribution in [0, 0.1) is 11.7 Å². The maximum Gasteiger partial charge on any atom is 0.274 e. The van der Waals surface area contributed by atoms with Crippen molar-refractivity contribution in [2.45, 2.75) is 30.9 Å². The van der Waals surface area contributed by atoms with E-state index in [1.54, 1.807) is 0 Å². The van der Waals surface area contributed by atoms with Crippen LogP contribution in [0.5, 0.6) is 0 Å². The summed E-state index contributed by atoms with van der Waals surface area (Å²) in [7, 11) is 0. The van der Waals surface area contributed by atoms with E-state index < -0.39 is 35.2 Å². The lowest BCUT2D eigenvalue weighted by atomic mass is 9.74. The Kier molecular flexibility index (Phi) is 5.65. The molecule has 3 atom stereocenters. The van der Waals surface area contributed by atoms with E-state index in [0.29, 0.717) is 11.4 Å². The molecule has 1 amide bonds. The van der Waals surface area contributed by atoms with Crippen molar-refractivity contribution in [3.05, 3.63) is 53.9 Å². The summed E-state index contributed by atoms with van der Waals surface area (Å²) in [6.45, 7) is 0.565. The molecule has 4 rings (SSSR count). The third-order valence-corrected chi connectivity index (χ3v) is 6.45. The molecule has 3 heterocycles. The van der Waals surface area contributed by atoms with Gasteiger partial charge in [-0.15, -0.1) is 0 Å². The van der Waals surface area contributed by atoms with Gasteiger partial charge in [-0.3, -0.25) is 4.79 Å². The van der Waals surface area contributed by atoms with Crippen molar-refractivity contribution in [3.63, 3.8) is 0 Å². The van der Waals surface area contributed by atoms with Gasteiger partial charge in [0.05, 0.1) is 6.61 Å². The zero-order chi connectivity index (χ0) is 22.2. The summed E-state index contributed by atoms with van der Waals surface area (Å²) in [4.78, 5) is 24.5. The van der Waals surface area contributed by atoms with Gasteiger partial charge in [0.15, 0.2) is 5.17 Å². The molecule has 0 aliphatic carbocycles. The van der Waals surface area contributed by atoms with Crippen molar-refractivity contribution in [2.24, 2.45) is 16.6 Å². The van der Waals surface area contributed by atoms with Gasteiger partial charge in [-0.2, -0.15) is 0 Å². The lowest BCUT2D eigenvalue weighted by Gasteiger charge is -2.47. The zero-order valence-corrected chi connectivity index (χ0v) is 17.3. The lowest BCUT2D eigenvalue weighted by Crippen LogP contribution is -2.53. The van der Waals surface area contributed by atoms with Gasteiger partial charge in [0.2, 0.25) is 0 Å². The Balaban J connectivity index is 1.69. The van der Waals surface area contributed by atoms with Gasteiger partial charge < -0.3 is 15.8 Å². The Morgan fingerprint density at radius 1 is 1.39 bits per heavy atom. The number of rotatable bonds is 4. The van der Waals surface area contributed by atoms with Crippen molar-refractivity contribution >= 4 is 28.5 Å². The van der Waals surface area contributed by atoms with Crippen LogP contribution in [0.25, 0.3) is 0 Å². The second kappa shape index (κ2) is 8.12. The summed E-state index contributed by atoms with van der Waals surface area (Å²) in [6.07, 6.45) is 1.39. The SMILES string of the molecule is CC(F)(F)[C@H]1C[C@H]2CSC(N)=N[C@@]2(c2cc(NC(=O)c3ccncn3)ccc2F)CO1. The fraction of sp³-hybridized carbons (Fsp3) is 0.400. The molecule has 0 saturated carbocycles. The van der Waals surface area contributed by atoms with Crippen molar-refractivity contribution < 1.29 is 22.7 Å². The maximum atomic E-state index is 15.0. The monoisotopic (exact) mass is 451 g/mol. The molecule has 31 heavy (non-hydrogen) atoms. The summed E-state index contributed by atoms with van der Waals surface area (Å²) in [6, 6.07) is 5.49. The van der Waals surface area contributed by atoms with Crippen molar-refractivity contribution in [1.29, 1.82) is 0 Å². The minimum Gasteiger partial charge on any atom is -0.379 e. The predicted molar refractivity (Wildman–Crippen MR) is 111 cm³/mol. The lowest BCUT2D eigenvalue weighted by molar-refractivity contribution is -0.170. The number of aromatic nitrogens is 2. The number of amidine groups is 1. The van der Waals surface area contributed by atoms with Crippen molar-refractivity contribution in [3.8, 4) is 0 Å². The average Bonchev–Trinajstić information content (AvgIpc) is 2.74. The first-order valence-electron chi connectivity index (χ1n) is 9.54. The molecule has 2 aromatic rings. The molecule has 164 valence electrons. The number of aliphatic imine (C=N–C) groups is 1. The highest BCUT2D eigenvalue weighted by molar-refractivity contribution is 8.13. The second-order valence-corrected chi connectivity index (χ2v) is 8.66. The molecule has 2 aliphatic rings. The first kappa shape index (κ1) is 21.6. The number of nitrogens with one attached hydrogen (secondary N) is 1. The highest BCUT2D eigenvalue weighted by Crippen LogP contribution is 2.49. The number of halogens is 3. The molecule has 0 bridgehead atoms. The summed E-state index contributed by atoms with van der Waals surface area (Å²) in [5, 5.41) is 2.89. The number of nitrogens with zero attached hydrogens (tertiary/aromatic N) is 3. The van der Waals surface area contributed by atoms with Crippen molar-refractivity contribution in [1.82, 2.24) is 9.97 Å². The van der Waals surface area contributed by atoms with E-state index in [-0.39, 0.29) is 29.5 Å². The average molecular weight is 451 g/mol. The Bertz CT molecular complexity index is 1020. The van der Waals surface area contributed by atoms with E-state index in [2.05, 4.69) is 20.3 Å². The minimum absolute atomic E-state index is 0.00421. The van der Waals surface area contributed by atoms with Crippen molar-refractivity contribution in [2.75, 3.05) is 17.7 Å². The fourth-order valence-electron chi connectivity index (χ4n) is 3.88. The van der Waals surface area contributed by atoms with Gasteiger partial charge in [0.1, 0.15) is 29.5 Å². The molecule has 1 aromatic heterocycles. The van der Waals surface area contributed by atoms with E-state index in [1.165, 1.54) is 48.6 Å². The van der Waals surface area contributed by atoms with Gasteiger partial charge in [-0.1, -0.05) is 11.8 Å². The van der Waals surface area contributed by atoms with Gasteiger partial charge in [0, 0.05) is 36.0 Å². The van der Waals surface area contributed by atoms with Crippen LogP contribution in [0.3, 0.4) is 0 Å². The molecule has 0 unspecified atom stereocenters. The van der Waals surface area contributed by atoms with Crippen LogP contribution in [-0.2, 0) is 10.3 Å². The molecule has 11 heteroatoms. The van der Waals surface area contributed by atoms with Crippen LogP contribution in [0.2, 0.25) is 0 Å². The maximum absolute atomic E-state index is 15.0. The number of anilines is 1. The highest BCUT2D eigenvalue weighted by Gasteiger charge is 2.53. The number of thioether (sulfide) groups is 1. The van der Waals surface area contributed by atoms with Crippen LogP contribution in [-0.4, -0.2) is 45.4 Å². The van der Waals surface area contributed by atoms with E-state index in [0.717, 1.165) is 6.92 Å². The van der Waals surface area contributed by atoms with E-state index in [4.69, 9.17) is 10.5 Å². The number of carbonyl (C=O) groups is 1. The molecule has 0 radical (unpaired) electrons. The Hall–Kier alpha value is -2.66. The molecule has 2 aliphatic heterocycles. The number of hydrogen-bond acceptors (Lipinski definition) is 7. The van der Waals surface area contributed by atoms with Crippen LogP contribution in [0.15, 0.2) is 41.8 Å². The fourth-order valence-corrected chi connectivity index (χ4v) is 4.89. The number of carbonyl (C=O) groups excluding carboxylic acids is 1. The van der Waals surface area contributed by atoms with Crippen LogP contribution in [0.1, 0.15) is 29.4 Å². The number of amides is 1. The highest BCUT2D eigenvalue weighted by atomic mass is 32.2. The third kappa shape index (κ3) is 4.24. The van der Waals surface area contributed by atoms with Gasteiger partial charge in [-0.25, -0.2) is 28.1 Å². The summed E-state index contributed by atoms with van der Waals surface area (Å²) < 4.78 is 48.2. The number of ether oxygens (including phenoxy) is 1. The van der Waals surface area contributed by atoms with E-state index >= 15 is 0 Å². The smallest absolute Gasteiger partial charge is 0.274 e. The molecule has 1 saturated heterocycles. The van der Waals surface area contributed by atoms with E-state index in [9.17, 15) is 18.0 Å². The molecule has 3 N–H and O–H groups in total. The van der Waals surface area contributed by atoms with Crippen LogP contribution in [0.4, 0.5) is 18.9 Å². The number of benzene rings is 1. The Labute approximate surface area is 180 Å². The molecule has 1 fully saturated rings. The van der Waals surface area contributed by atoms with Gasteiger partial charge >= 0.3 is 0 Å². The molecular formula is C20H20F3N5O2S. The first-order valence-corrected chi connectivity index (χ1v) is 10.5. The van der Waals surface area contributed by atoms with Crippen LogP contribution < -0.4 is 11.1 Å². The topological polar surface area (TPSA) is 102 Å². The molecular weight excluding hydrogens is 431 g/mol. The zero-order valence-electron chi connectivity index (χ0n) is 16.5. The third-order valence-electron chi connectivity index (χ3n) is 5.49. The van der Waals surface area contributed by atoms with Gasteiger partial charge in [-0.05, 0) is 30.7 Å². The quantitative estimate of drug-likeness (QED) is 0.740. The van der Waals surface area contributed by atoms with Crippen LogP contribution >= 0.6 is 11.8 Å². The summed E-state index contributed by atoms with van der Waals surface area (Å²) >= 11 is 1.25. The largest absolute Gasteiger partial charge is 0.379 e. The standard InChI is InChI=1S/C20H20F3N5O2S/c1-19(22,23)16-6-11-8-31-18(24)28-20(11,9-30-16)13-7-12(2-3-14(13)21)27-17(29)15-4-5-25-10-26-15/h2-5,7,10-11,16H,6,8-9H2,1H3,(H2,24,28)(H,27,29)/t11-,16+,20-/m0/s1. The minimum atomic E-state index is -3.03. The molecule has 7 nitrogen and oxygen atoms in total. The normalized spacial score (nSPS) is 26.0. The molecule has 0 spiro atoms. The summed E-state index contributed by atoms with van der Waals surface area (Å²) in [5.74, 6) is -4.13. The Morgan fingerprint density at radius 3 is 2.90 bits per heavy atom. The number of hydrogen-bond donors (Lipinski definition) is 2. The number of fused-ring (bicyclic) bond motifs is 1. The first-order chi connectivity index (χ1) is 14.7. The van der Waals surface area contributed by atoms with E-state index in [1.807, 2.05) is 0 Å². The second-order valence-electron chi connectivity index (χ2n) is 7.62.